The largest absolute Gasteiger partial charge is 0.479 e. The number of carbonyl (C=O) groups excluding carboxylic acids is 2. The lowest BCUT2D eigenvalue weighted by Gasteiger charge is -2.39. The number of ether oxygens (including phenoxy) is 1. The highest BCUT2D eigenvalue weighted by Gasteiger charge is 2.67. The highest BCUT2D eigenvalue weighted by molar-refractivity contribution is 5.92. The van der Waals surface area contributed by atoms with Crippen molar-refractivity contribution in [2.45, 2.75) is 51.0 Å². The van der Waals surface area contributed by atoms with E-state index in [0.717, 1.165) is 24.0 Å². The molecule has 2 aliphatic carbocycles. The van der Waals surface area contributed by atoms with Crippen LogP contribution in [0.2, 0.25) is 0 Å². The summed E-state index contributed by atoms with van der Waals surface area (Å²) < 4.78 is 5.58. The Hall–Kier alpha value is -3.35. The summed E-state index contributed by atoms with van der Waals surface area (Å²) in [6, 6.07) is 16.4. The van der Waals surface area contributed by atoms with Gasteiger partial charge in [-0.1, -0.05) is 62.4 Å². The normalized spacial score (nSPS) is 22.6. The van der Waals surface area contributed by atoms with E-state index in [-0.39, 0.29) is 30.9 Å². The van der Waals surface area contributed by atoms with E-state index in [1.807, 2.05) is 38.1 Å². The molecule has 2 fully saturated rings. The average Bonchev–Trinajstić information content (AvgIpc) is 3.53. The number of carboxylic acid groups (broad SMARTS) is 1. The monoisotopic (exact) mass is 476 g/mol. The number of likely N-dealkylation sites (tertiary alicyclic amines) is 1. The first kappa shape index (κ1) is 23.4. The summed E-state index contributed by atoms with van der Waals surface area (Å²) in [5, 5.41) is 12.6. The molecule has 2 aromatic carbocycles. The van der Waals surface area contributed by atoms with Crippen molar-refractivity contribution in [3.05, 3.63) is 59.7 Å². The number of hydrogen-bond donors (Lipinski definition) is 2. The quantitative estimate of drug-likeness (QED) is 0.617. The minimum absolute atomic E-state index is 0.0102. The van der Waals surface area contributed by atoms with Gasteiger partial charge in [-0.05, 0) is 53.9 Å². The van der Waals surface area contributed by atoms with E-state index in [4.69, 9.17) is 4.74 Å². The highest BCUT2D eigenvalue weighted by atomic mass is 16.5. The first-order chi connectivity index (χ1) is 16.8. The van der Waals surface area contributed by atoms with Crippen LogP contribution in [0.25, 0.3) is 11.1 Å². The molecule has 0 unspecified atom stereocenters. The van der Waals surface area contributed by atoms with Gasteiger partial charge < -0.3 is 20.1 Å². The van der Waals surface area contributed by atoms with Crippen molar-refractivity contribution >= 4 is 18.0 Å². The molecule has 1 saturated heterocycles. The molecule has 7 heteroatoms. The van der Waals surface area contributed by atoms with Crippen LogP contribution in [-0.4, -0.2) is 53.2 Å². The SMILES string of the molecule is CC(C)(CCNC(=O)OCC1c2ccccc2-c2ccccc21)C(=O)N1CCC[C@H]2C[C@]21C(=O)O. The fraction of sp³-hybridized carbons (Fsp3) is 0.464. The lowest BCUT2D eigenvalue weighted by atomic mass is 9.85. The lowest BCUT2D eigenvalue weighted by molar-refractivity contribution is -0.159. The van der Waals surface area contributed by atoms with Gasteiger partial charge in [0, 0.05) is 24.4 Å². The summed E-state index contributed by atoms with van der Waals surface area (Å²) >= 11 is 0. The van der Waals surface area contributed by atoms with Crippen molar-refractivity contribution in [1.82, 2.24) is 10.2 Å². The van der Waals surface area contributed by atoms with Crippen molar-refractivity contribution in [2.75, 3.05) is 19.7 Å². The highest BCUT2D eigenvalue weighted by Crippen LogP contribution is 2.55. The number of alkyl carbamates (subject to hydrolysis) is 1. The molecule has 0 bridgehead atoms. The molecular formula is C28H32N2O5. The van der Waals surface area contributed by atoms with Gasteiger partial charge in [0.05, 0.1) is 0 Å². The molecule has 2 amide bonds. The van der Waals surface area contributed by atoms with Crippen LogP contribution in [0.3, 0.4) is 0 Å². The van der Waals surface area contributed by atoms with E-state index in [0.29, 0.717) is 19.4 Å². The molecular weight excluding hydrogens is 444 g/mol. The van der Waals surface area contributed by atoms with Crippen LogP contribution in [0.5, 0.6) is 0 Å². The summed E-state index contributed by atoms with van der Waals surface area (Å²) in [6.45, 7) is 4.61. The molecule has 5 rings (SSSR count). The molecule has 1 aliphatic heterocycles. The maximum Gasteiger partial charge on any atom is 0.407 e. The van der Waals surface area contributed by atoms with E-state index in [1.54, 1.807) is 4.90 Å². The second-order valence-electron chi connectivity index (χ2n) is 10.6. The minimum atomic E-state index is -1.02. The number of rotatable bonds is 7. The van der Waals surface area contributed by atoms with Gasteiger partial charge in [-0.3, -0.25) is 4.79 Å². The molecule has 0 spiro atoms. The third kappa shape index (κ3) is 3.97. The zero-order valence-corrected chi connectivity index (χ0v) is 20.3. The number of carbonyl (C=O) groups is 3. The van der Waals surface area contributed by atoms with Crippen LogP contribution in [0.4, 0.5) is 4.79 Å². The second-order valence-corrected chi connectivity index (χ2v) is 10.6. The van der Waals surface area contributed by atoms with Crippen molar-refractivity contribution in [2.24, 2.45) is 11.3 Å². The number of nitrogens with one attached hydrogen (secondary N) is 1. The van der Waals surface area contributed by atoms with Gasteiger partial charge in [0.1, 0.15) is 12.1 Å². The third-order valence-electron chi connectivity index (χ3n) is 8.05. The van der Waals surface area contributed by atoms with Crippen molar-refractivity contribution in [3.63, 3.8) is 0 Å². The number of piperidine rings is 1. The first-order valence-electron chi connectivity index (χ1n) is 12.4. The van der Waals surface area contributed by atoms with Gasteiger partial charge in [0.15, 0.2) is 0 Å². The minimum Gasteiger partial charge on any atom is -0.479 e. The van der Waals surface area contributed by atoms with Gasteiger partial charge in [-0.15, -0.1) is 0 Å². The Morgan fingerprint density at radius 2 is 1.71 bits per heavy atom. The van der Waals surface area contributed by atoms with Gasteiger partial charge in [0.25, 0.3) is 0 Å². The molecule has 0 radical (unpaired) electrons. The van der Waals surface area contributed by atoms with Crippen LogP contribution in [-0.2, 0) is 14.3 Å². The molecule has 35 heavy (non-hydrogen) atoms. The summed E-state index contributed by atoms with van der Waals surface area (Å²) in [5.41, 5.74) is 2.84. The topological polar surface area (TPSA) is 95.9 Å². The zero-order valence-electron chi connectivity index (χ0n) is 20.3. The number of hydrogen-bond acceptors (Lipinski definition) is 4. The molecule has 184 valence electrons. The van der Waals surface area contributed by atoms with Gasteiger partial charge in [0.2, 0.25) is 5.91 Å². The molecule has 7 nitrogen and oxygen atoms in total. The molecule has 1 heterocycles. The number of carboxylic acids is 1. The number of amides is 2. The summed E-state index contributed by atoms with van der Waals surface area (Å²) in [4.78, 5) is 39.3. The molecule has 2 atom stereocenters. The van der Waals surface area contributed by atoms with E-state index in [9.17, 15) is 19.5 Å². The smallest absolute Gasteiger partial charge is 0.407 e. The maximum atomic E-state index is 13.3. The molecule has 1 saturated carbocycles. The summed E-state index contributed by atoms with van der Waals surface area (Å²) in [7, 11) is 0. The van der Waals surface area contributed by atoms with E-state index in [1.165, 1.54) is 11.1 Å². The average molecular weight is 477 g/mol. The molecule has 2 N–H and O–H groups in total. The fourth-order valence-corrected chi connectivity index (χ4v) is 5.94. The first-order valence-corrected chi connectivity index (χ1v) is 12.4. The van der Waals surface area contributed by atoms with Crippen LogP contribution < -0.4 is 5.32 Å². The fourth-order valence-electron chi connectivity index (χ4n) is 5.94. The van der Waals surface area contributed by atoms with E-state index >= 15 is 0 Å². The van der Waals surface area contributed by atoms with Crippen molar-refractivity contribution < 1.29 is 24.2 Å². The van der Waals surface area contributed by atoms with Crippen molar-refractivity contribution in [3.8, 4) is 11.1 Å². The van der Waals surface area contributed by atoms with Gasteiger partial charge in [-0.2, -0.15) is 0 Å². The molecule has 0 aromatic heterocycles. The second kappa shape index (κ2) is 8.70. The summed E-state index contributed by atoms with van der Waals surface area (Å²) in [5.74, 6) is -1.00. The number of fused-ring (bicyclic) bond motifs is 4. The molecule has 2 aromatic rings. The number of benzene rings is 2. The van der Waals surface area contributed by atoms with Gasteiger partial charge >= 0.3 is 12.1 Å². The van der Waals surface area contributed by atoms with Crippen molar-refractivity contribution in [1.29, 1.82) is 0 Å². The Morgan fingerprint density at radius 3 is 2.34 bits per heavy atom. The zero-order chi connectivity index (χ0) is 24.8. The third-order valence-corrected chi connectivity index (χ3v) is 8.05. The number of aliphatic carboxylic acids is 1. The molecule has 3 aliphatic rings. The van der Waals surface area contributed by atoms with Crippen LogP contribution >= 0.6 is 0 Å². The van der Waals surface area contributed by atoms with Crippen LogP contribution in [0, 0.1) is 11.3 Å². The van der Waals surface area contributed by atoms with E-state index in [2.05, 4.69) is 29.6 Å². The maximum absolute atomic E-state index is 13.3. The lowest BCUT2D eigenvalue weighted by Crippen LogP contribution is -2.55. The predicted molar refractivity (Wildman–Crippen MR) is 131 cm³/mol. The van der Waals surface area contributed by atoms with Crippen LogP contribution in [0.15, 0.2) is 48.5 Å². The van der Waals surface area contributed by atoms with E-state index < -0.39 is 23.0 Å². The Balaban J connectivity index is 1.15. The summed E-state index contributed by atoms with van der Waals surface area (Å²) in [6.07, 6.45) is 2.12. The van der Waals surface area contributed by atoms with Crippen LogP contribution in [0.1, 0.15) is 56.6 Å². The Kier molecular flexibility index (Phi) is 5.82. The number of nitrogens with zero attached hydrogens (tertiary/aromatic N) is 1. The Labute approximate surface area is 205 Å². The Bertz CT molecular complexity index is 1130. The standard InChI is InChI=1S/C28H32N2O5/c1-27(2,24(31)30-15-7-8-18-16-28(18,30)25(32)33)13-14-29-26(34)35-17-23-21-11-5-3-9-19(21)20-10-4-6-12-22(20)23/h3-6,9-12,18,23H,7-8,13-17H2,1-2H3,(H,29,34)(H,32,33)/t18-,28+/m0/s1. The van der Waals surface area contributed by atoms with Gasteiger partial charge in [-0.25, -0.2) is 9.59 Å². The Morgan fingerprint density at radius 1 is 1.09 bits per heavy atom. The predicted octanol–water partition coefficient (Wildman–Crippen LogP) is 4.41.